The number of hydrogen-bond donors (Lipinski definition) is 0. The maximum atomic E-state index is 2.56. The number of unbranched alkanes of at least 4 members (excludes halogenated alkanes) is 5. The van der Waals surface area contributed by atoms with Crippen LogP contribution in [-0.4, -0.2) is 0 Å². The molecule has 0 aliphatic heterocycles. The van der Waals surface area contributed by atoms with Crippen molar-refractivity contribution in [1.29, 1.82) is 0 Å². The van der Waals surface area contributed by atoms with Crippen molar-refractivity contribution >= 4 is 0 Å². The first-order chi connectivity index (χ1) is 15.3. The topological polar surface area (TPSA) is 0 Å². The SMILES string of the molecule is CCCCCCC[C@@H]1CC[C@@H]2CC(C3CCc4cc(CCCC)ccc4C3)CCC2C1. The largest absolute Gasteiger partial charge is 0.0654 e. The fraction of sp³-hybridized carbons (Fsp3) is 0.806. The Morgan fingerprint density at radius 2 is 1.42 bits per heavy atom. The summed E-state index contributed by atoms with van der Waals surface area (Å²) in [5.41, 5.74) is 4.98. The molecule has 0 amide bonds. The average molecular weight is 423 g/mol. The lowest BCUT2D eigenvalue weighted by molar-refractivity contribution is 0.0690. The molecule has 1 aromatic carbocycles. The average Bonchev–Trinajstić information content (AvgIpc) is 2.81. The molecule has 3 aliphatic carbocycles. The standard InChI is InChI=1S/C31H50/c1-3-5-7-8-9-11-25-13-15-29-23-31(19-17-27(29)21-25)30-18-16-26-20-24(10-6-4-2)12-14-28(26)22-30/h12,14,20,25,27,29-31H,3-11,13,15-19,21-23H2,1-2H3/t25-,27?,29-,30?,31?/m1/s1. The van der Waals surface area contributed by atoms with Crippen LogP contribution in [0.3, 0.4) is 0 Å². The first kappa shape index (κ1) is 23.4. The van der Waals surface area contributed by atoms with Gasteiger partial charge < -0.3 is 0 Å². The number of aryl methyl sites for hydroxylation is 2. The highest BCUT2D eigenvalue weighted by atomic mass is 14.4. The van der Waals surface area contributed by atoms with E-state index < -0.39 is 0 Å². The van der Waals surface area contributed by atoms with Crippen molar-refractivity contribution in [2.45, 2.75) is 129 Å². The summed E-state index contributed by atoms with van der Waals surface area (Å²) in [6.45, 7) is 4.63. The molecule has 5 atom stereocenters. The molecule has 3 aliphatic rings. The van der Waals surface area contributed by atoms with Crippen LogP contribution in [0.2, 0.25) is 0 Å². The van der Waals surface area contributed by atoms with Gasteiger partial charge in [0, 0.05) is 0 Å². The molecule has 0 aromatic heterocycles. The molecule has 4 rings (SSSR count). The Morgan fingerprint density at radius 1 is 0.677 bits per heavy atom. The second-order valence-corrected chi connectivity index (χ2v) is 11.7. The number of benzene rings is 1. The molecule has 2 fully saturated rings. The van der Waals surface area contributed by atoms with Crippen molar-refractivity contribution in [2.75, 3.05) is 0 Å². The van der Waals surface area contributed by atoms with Crippen molar-refractivity contribution in [3.8, 4) is 0 Å². The van der Waals surface area contributed by atoms with Gasteiger partial charge in [0.05, 0.1) is 0 Å². The molecule has 0 N–H and O–H groups in total. The summed E-state index contributed by atoms with van der Waals surface area (Å²) >= 11 is 0. The molecule has 31 heavy (non-hydrogen) atoms. The molecule has 1 aromatic rings. The van der Waals surface area contributed by atoms with E-state index in [1.165, 1.54) is 77.0 Å². The summed E-state index contributed by atoms with van der Waals surface area (Å²) in [6, 6.07) is 7.50. The minimum absolute atomic E-state index is 0.978. The Kier molecular flexibility index (Phi) is 8.98. The van der Waals surface area contributed by atoms with E-state index in [9.17, 15) is 0 Å². The van der Waals surface area contributed by atoms with Crippen molar-refractivity contribution in [2.24, 2.45) is 29.6 Å². The van der Waals surface area contributed by atoms with Crippen LogP contribution < -0.4 is 0 Å². The van der Waals surface area contributed by atoms with Crippen LogP contribution in [0.5, 0.6) is 0 Å². The third-order valence-electron chi connectivity index (χ3n) is 9.50. The fourth-order valence-electron chi connectivity index (χ4n) is 7.52. The van der Waals surface area contributed by atoms with Crippen molar-refractivity contribution < 1.29 is 0 Å². The Balaban J connectivity index is 1.23. The predicted molar refractivity (Wildman–Crippen MR) is 136 cm³/mol. The molecule has 3 unspecified atom stereocenters. The van der Waals surface area contributed by atoms with Crippen LogP contribution in [0.1, 0.15) is 127 Å². The van der Waals surface area contributed by atoms with Crippen molar-refractivity contribution in [1.82, 2.24) is 0 Å². The minimum atomic E-state index is 0.978. The molecule has 0 saturated heterocycles. The summed E-state index contributed by atoms with van der Waals surface area (Å²) < 4.78 is 0. The van der Waals surface area contributed by atoms with Crippen LogP contribution in [0, 0.1) is 29.6 Å². The van der Waals surface area contributed by atoms with E-state index in [0.717, 1.165) is 29.6 Å². The van der Waals surface area contributed by atoms with Crippen LogP contribution in [0.25, 0.3) is 0 Å². The van der Waals surface area contributed by atoms with Gasteiger partial charge in [-0.1, -0.05) is 83.4 Å². The molecule has 0 nitrogen and oxygen atoms in total. The lowest BCUT2D eigenvalue weighted by Gasteiger charge is -2.45. The van der Waals surface area contributed by atoms with Gasteiger partial charge in [0.1, 0.15) is 0 Å². The van der Waals surface area contributed by atoms with E-state index in [1.54, 1.807) is 55.2 Å². The molecule has 0 radical (unpaired) electrons. The van der Waals surface area contributed by atoms with Gasteiger partial charge >= 0.3 is 0 Å². The molecular weight excluding hydrogens is 372 g/mol. The lowest BCUT2D eigenvalue weighted by Crippen LogP contribution is -2.35. The van der Waals surface area contributed by atoms with Gasteiger partial charge in [-0.3, -0.25) is 0 Å². The zero-order valence-electron chi connectivity index (χ0n) is 20.8. The van der Waals surface area contributed by atoms with Crippen molar-refractivity contribution in [3.63, 3.8) is 0 Å². The monoisotopic (exact) mass is 422 g/mol. The fourth-order valence-corrected chi connectivity index (χ4v) is 7.52. The second-order valence-electron chi connectivity index (χ2n) is 11.7. The van der Waals surface area contributed by atoms with Gasteiger partial charge in [0.25, 0.3) is 0 Å². The number of hydrogen-bond acceptors (Lipinski definition) is 0. The summed E-state index contributed by atoms with van der Waals surface area (Å²) in [7, 11) is 0. The lowest BCUT2D eigenvalue weighted by atomic mass is 9.61. The van der Waals surface area contributed by atoms with E-state index in [-0.39, 0.29) is 0 Å². The van der Waals surface area contributed by atoms with Gasteiger partial charge in [0.2, 0.25) is 0 Å². The van der Waals surface area contributed by atoms with Gasteiger partial charge in [-0.2, -0.15) is 0 Å². The summed E-state index contributed by atoms with van der Waals surface area (Å²) in [5, 5.41) is 0. The zero-order chi connectivity index (χ0) is 21.5. The molecule has 0 heterocycles. The van der Waals surface area contributed by atoms with E-state index in [0.29, 0.717) is 0 Å². The maximum Gasteiger partial charge on any atom is -0.0245 e. The van der Waals surface area contributed by atoms with Gasteiger partial charge in [0.15, 0.2) is 0 Å². The van der Waals surface area contributed by atoms with Crippen molar-refractivity contribution in [3.05, 3.63) is 34.9 Å². The minimum Gasteiger partial charge on any atom is -0.0654 e. The molecular formula is C31H50. The number of rotatable bonds is 10. The zero-order valence-corrected chi connectivity index (χ0v) is 20.8. The molecule has 174 valence electrons. The summed E-state index contributed by atoms with van der Waals surface area (Å²) in [5.74, 6) is 5.24. The molecule has 0 bridgehead atoms. The second kappa shape index (κ2) is 11.9. The Morgan fingerprint density at radius 3 is 2.26 bits per heavy atom. The van der Waals surface area contributed by atoms with Crippen LogP contribution in [0.15, 0.2) is 18.2 Å². The van der Waals surface area contributed by atoms with E-state index in [4.69, 9.17) is 0 Å². The van der Waals surface area contributed by atoms with Crippen LogP contribution in [0.4, 0.5) is 0 Å². The van der Waals surface area contributed by atoms with E-state index in [1.807, 2.05) is 0 Å². The van der Waals surface area contributed by atoms with E-state index >= 15 is 0 Å². The predicted octanol–water partition coefficient (Wildman–Crippen LogP) is 9.33. The third kappa shape index (κ3) is 6.39. The van der Waals surface area contributed by atoms with Crippen LogP contribution in [-0.2, 0) is 19.3 Å². The number of fused-ring (bicyclic) bond motifs is 2. The normalized spacial score (nSPS) is 30.6. The Labute approximate surface area is 194 Å². The Hall–Kier alpha value is -0.780. The maximum absolute atomic E-state index is 2.56. The smallest absolute Gasteiger partial charge is 0.0245 e. The molecule has 0 heteroatoms. The summed E-state index contributed by atoms with van der Waals surface area (Å²) in [6.07, 6.45) is 26.3. The summed E-state index contributed by atoms with van der Waals surface area (Å²) in [4.78, 5) is 0. The highest BCUT2D eigenvalue weighted by Gasteiger charge is 2.38. The first-order valence-electron chi connectivity index (χ1n) is 14.4. The van der Waals surface area contributed by atoms with Gasteiger partial charge in [-0.25, -0.2) is 0 Å². The van der Waals surface area contributed by atoms with Gasteiger partial charge in [-0.15, -0.1) is 0 Å². The highest BCUT2D eigenvalue weighted by Crippen LogP contribution is 2.49. The quantitative estimate of drug-likeness (QED) is 0.329. The van der Waals surface area contributed by atoms with Gasteiger partial charge in [-0.05, 0) is 110 Å². The first-order valence-corrected chi connectivity index (χ1v) is 14.4. The third-order valence-corrected chi connectivity index (χ3v) is 9.50. The highest BCUT2D eigenvalue weighted by molar-refractivity contribution is 5.34. The molecule has 2 saturated carbocycles. The van der Waals surface area contributed by atoms with E-state index in [2.05, 4.69) is 32.0 Å². The Bertz CT molecular complexity index is 658. The molecule has 0 spiro atoms. The van der Waals surface area contributed by atoms with Crippen LogP contribution >= 0.6 is 0 Å².